The van der Waals surface area contributed by atoms with Gasteiger partial charge in [-0.2, -0.15) is 0 Å². The first-order valence-corrected chi connectivity index (χ1v) is 10.5. The van der Waals surface area contributed by atoms with Crippen LogP contribution in [0.2, 0.25) is 0 Å². The summed E-state index contributed by atoms with van der Waals surface area (Å²) in [4.78, 5) is 33.9. The van der Waals surface area contributed by atoms with E-state index < -0.39 is 0 Å². The van der Waals surface area contributed by atoms with Crippen molar-refractivity contribution in [1.29, 1.82) is 0 Å². The van der Waals surface area contributed by atoms with E-state index in [4.69, 9.17) is 9.15 Å². The van der Waals surface area contributed by atoms with Gasteiger partial charge in [0.2, 0.25) is 5.91 Å². The van der Waals surface area contributed by atoms with Gasteiger partial charge in [0.1, 0.15) is 6.26 Å². The van der Waals surface area contributed by atoms with E-state index in [2.05, 4.69) is 15.2 Å². The van der Waals surface area contributed by atoms with Gasteiger partial charge in [-0.05, 0) is 38.5 Å². The Hall–Kier alpha value is -1.93. The van der Waals surface area contributed by atoms with Gasteiger partial charge >= 0.3 is 0 Å². The third-order valence-electron chi connectivity index (χ3n) is 6.25. The summed E-state index contributed by atoms with van der Waals surface area (Å²) in [6.45, 7) is 4.84. The summed E-state index contributed by atoms with van der Waals surface area (Å²) in [5.74, 6) is 0.0860. The van der Waals surface area contributed by atoms with E-state index in [-0.39, 0.29) is 23.8 Å². The highest BCUT2D eigenvalue weighted by Crippen LogP contribution is 2.25. The smallest absolute Gasteiger partial charge is 0.273 e. The maximum atomic E-state index is 13.1. The van der Waals surface area contributed by atoms with Gasteiger partial charge in [-0.25, -0.2) is 4.98 Å². The molecule has 3 aliphatic heterocycles. The molecule has 3 aliphatic rings. The number of rotatable bonds is 4. The average Bonchev–Trinajstić information content (AvgIpc) is 3.41. The number of carbonyl (C=O) groups is 2. The van der Waals surface area contributed by atoms with Crippen molar-refractivity contribution in [1.82, 2.24) is 20.1 Å². The highest BCUT2D eigenvalue weighted by Gasteiger charge is 2.35. The van der Waals surface area contributed by atoms with Crippen LogP contribution in [-0.2, 0) is 9.53 Å². The van der Waals surface area contributed by atoms with Crippen LogP contribution in [0.25, 0.3) is 0 Å². The molecule has 0 unspecified atom stereocenters. The Balaban J connectivity index is 1.45. The van der Waals surface area contributed by atoms with E-state index in [0.717, 1.165) is 77.9 Å². The molecule has 8 nitrogen and oxygen atoms in total. The fourth-order valence-electron chi connectivity index (χ4n) is 4.67. The van der Waals surface area contributed by atoms with Gasteiger partial charge in [0.05, 0.1) is 5.92 Å². The topological polar surface area (TPSA) is 87.9 Å². The highest BCUT2D eigenvalue weighted by atomic mass is 16.5. The monoisotopic (exact) mass is 390 g/mol. The Morgan fingerprint density at radius 1 is 1.07 bits per heavy atom. The van der Waals surface area contributed by atoms with Gasteiger partial charge in [0.25, 0.3) is 5.91 Å². The van der Waals surface area contributed by atoms with Crippen molar-refractivity contribution in [2.45, 2.75) is 50.6 Å². The van der Waals surface area contributed by atoms with E-state index in [9.17, 15) is 9.59 Å². The van der Waals surface area contributed by atoms with Gasteiger partial charge in [0, 0.05) is 51.5 Å². The summed E-state index contributed by atoms with van der Waals surface area (Å²) < 4.78 is 10.5. The van der Waals surface area contributed by atoms with Gasteiger partial charge in [-0.1, -0.05) is 0 Å². The number of aromatic nitrogens is 1. The van der Waals surface area contributed by atoms with Crippen LogP contribution in [0.4, 0.5) is 0 Å². The van der Waals surface area contributed by atoms with E-state index in [1.54, 1.807) is 0 Å². The Morgan fingerprint density at radius 3 is 2.57 bits per heavy atom. The number of likely N-dealkylation sites (tertiary alicyclic amines) is 2. The minimum atomic E-state index is -0.213. The molecule has 2 amide bonds. The number of amides is 2. The van der Waals surface area contributed by atoms with Crippen LogP contribution in [0.5, 0.6) is 0 Å². The fraction of sp³-hybridized carbons (Fsp3) is 0.750. The van der Waals surface area contributed by atoms with Crippen molar-refractivity contribution in [2.75, 3.05) is 39.4 Å². The number of nitrogens with one attached hydrogen (secondary N) is 1. The van der Waals surface area contributed by atoms with Crippen molar-refractivity contribution in [3.8, 4) is 0 Å². The fourth-order valence-corrected chi connectivity index (χ4v) is 4.67. The van der Waals surface area contributed by atoms with Crippen LogP contribution in [0, 0.1) is 5.92 Å². The number of ether oxygens (including phenoxy) is 1. The molecule has 2 atom stereocenters. The lowest BCUT2D eigenvalue weighted by molar-refractivity contribution is -0.135. The highest BCUT2D eigenvalue weighted by molar-refractivity contribution is 5.92. The summed E-state index contributed by atoms with van der Waals surface area (Å²) in [7, 11) is 0. The molecular formula is C20H30N4O4. The van der Waals surface area contributed by atoms with Crippen LogP contribution < -0.4 is 5.32 Å². The molecule has 0 radical (unpaired) electrons. The Morgan fingerprint density at radius 2 is 1.86 bits per heavy atom. The number of carbonyl (C=O) groups excluding carboxylic acids is 2. The summed E-state index contributed by atoms with van der Waals surface area (Å²) >= 11 is 0. The lowest BCUT2D eigenvalue weighted by Crippen LogP contribution is -2.49. The first kappa shape index (κ1) is 19.4. The molecule has 3 fully saturated rings. The molecule has 28 heavy (non-hydrogen) atoms. The van der Waals surface area contributed by atoms with Crippen LogP contribution in [0.15, 0.2) is 17.1 Å². The molecule has 154 valence electrons. The van der Waals surface area contributed by atoms with Crippen molar-refractivity contribution < 1.29 is 18.7 Å². The first-order chi connectivity index (χ1) is 13.7. The third kappa shape index (κ3) is 4.55. The summed E-state index contributed by atoms with van der Waals surface area (Å²) in [5.41, 5.74) is 0.298. The predicted molar refractivity (Wildman–Crippen MR) is 102 cm³/mol. The second-order valence-electron chi connectivity index (χ2n) is 8.15. The lowest BCUT2D eigenvalue weighted by Gasteiger charge is -2.36. The molecule has 1 aromatic heterocycles. The molecule has 0 bridgehead atoms. The molecule has 4 rings (SSSR count). The molecule has 3 saturated heterocycles. The number of nitrogens with zero attached hydrogens (tertiary/aromatic N) is 3. The van der Waals surface area contributed by atoms with E-state index in [1.807, 2.05) is 4.90 Å². The molecule has 1 aromatic rings. The molecule has 1 N–H and O–H groups in total. The minimum Gasteiger partial charge on any atom is -0.451 e. The van der Waals surface area contributed by atoms with E-state index >= 15 is 0 Å². The Labute approximate surface area is 165 Å². The quantitative estimate of drug-likeness (QED) is 0.833. The molecule has 0 aromatic carbocycles. The maximum absolute atomic E-state index is 13.1. The third-order valence-corrected chi connectivity index (χ3v) is 6.25. The second kappa shape index (κ2) is 9.05. The van der Waals surface area contributed by atoms with Gasteiger partial charge in [-0.3, -0.25) is 14.5 Å². The van der Waals surface area contributed by atoms with Crippen LogP contribution in [-0.4, -0.2) is 78.1 Å². The number of hydrogen-bond donors (Lipinski definition) is 1. The van der Waals surface area contributed by atoms with Crippen LogP contribution in [0.1, 0.15) is 49.0 Å². The average molecular weight is 390 g/mol. The summed E-state index contributed by atoms with van der Waals surface area (Å²) in [6.07, 6.45) is 8.41. The molecular weight excluding hydrogens is 360 g/mol. The molecule has 0 spiro atoms. The normalized spacial score (nSPS) is 27.5. The Kier molecular flexibility index (Phi) is 6.26. The van der Waals surface area contributed by atoms with Crippen molar-refractivity contribution in [3.63, 3.8) is 0 Å². The molecule has 0 saturated carbocycles. The van der Waals surface area contributed by atoms with Crippen molar-refractivity contribution in [2.24, 2.45) is 5.92 Å². The zero-order chi connectivity index (χ0) is 19.3. The van der Waals surface area contributed by atoms with Gasteiger partial charge < -0.3 is 19.4 Å². The molecule has 0 aliphatic carbocycles. The van der Waals surface area contributed by atoms with E-state index in [1.165, 1.54) is 12.7 Å². The largest absolute Gasteiger partial charge is 0.451 e. The predicted octanol–water partition coefficient (Wildman–Crippen LogP) is 1.29. The standard InChI is InChI=1S/C20H30N4O4/c25-19(18-13-28-14-21-18)22-16-4-3-15(20(26)23-7-1-2-8-23)11-24(12-16)17-5-9-27-10-6-17/h13-17H,1-12H2,(H,22,25)/t15-,16+/m1/s1. The Bertz CT molecular complexity index is 653. The van der Waals surface area contributed by atoms with Crippen LogP contribution >= 0.6 is 0 Å². The molecule has 4 heterocycles. The lowest BCUT2D eigenvalue weighted by atomic mass is 9.99. The maximum Gasteiger partial charge on any atom is 0.273 e. The van der Waals surface area contributed by atoms with Crippen molar-refractivity contribution in [3.05, 3.63) is 18.4 Å². The SMILES string of the molecule is O=C(N[C@H]1CC[C@@H](C(=O)N2CCCC2)CN(C2CCOCC2)C1)c1cocn1. The number of oxazole rings is 1. The first-order valence-electron chi connectivity index (χ1n) is 10.5. The zero-order valence-corrected chi connectivity index (χ0v) is 16.3. The van der Waals surface area contributed by atoms with E-state index in [0.29, 0.717) is 11.7 Å². The zero-order valence-electron chi connectivity index (χ0n) is 16.3. The second-order valence-corrected chi connectivity index (χ2v) is 8.15. The summed E-state index contributed by atoms with van der Waals surface area (Å²) in [5, 5.41) is 3.10. The number of hydrogen-bond acceptors (Lipinski definition) is 6. The summed E-state index contributed by atoms with van der Waals surface area (Å²) in [6, 6.07) is 0.413. The van der Waals surface area contributed by atoms with Gasteiger partial charge in [0.15, 0.2) is 12.1 Å². The van der Waals surface area contributed by atoms with Crippen molar-refractivity contribution >= 4 is 11.8 Å². The molecule has 8 heteroatoms. The van der Waals surface area contributed by atoms with Gasteiger partial charge in [-0.15, -0.1) is 0 Å². The van der Waals surface area contributed by atoms with Crippen LogP contribution in [0.3, 0.4) is 0 Å². The minimum absolute atomic E-state index is 0.00317.